The average molecular weight is 403 g/mol. The smallest absolute Gasteiger partial charge is 0.387 e. The molecule has 0 amide bonds. The van der Waals surface area contributed by atoms with Crippen molar-refractivity contribution in [1.29, 1.82) is 0 Å². The number of alkyl halides is 2. The van der Waals surface area contributed by atoms with E-state index < -0.39 is 12.7 Å². The molecule has 1 aliphatic carbocycles. The van der Waals surface area contributed by atoms with Crippen LogP contribution in [0.2, 0.25) is 0 Å². The summed E-state index contributed by atoms with van der Waals surface area (Å²) in [5.41, 5.74) is 3.24. The molecule has 3 atom stereocenters. The van der Waals surface area contributed by atoms with Crippen LogP contribution < -0.4 is 15.4 Å². The Bertz CT molecular complexity index is 827. The lowest BCUT2D eigenvalue weighted by Crippen LogP contribution is -2.39. The molecule has 3 rings (SSSR count). The highest BCUT2D eigenvalue weighted by atomic mass is 19.3. The van der Waals surface area contributed by atoms with Gasteiger partial charge in [0, 0.05) is 18.5 Å². The third-order valence-electron chi connectivity index (χ3n) is 4.96. The van der Waals surface area contributed by atoms with E-state index in [-0.39, 0.29) is 12.3 Å². The third kappa shape index (κ3) is 5.90. The molecule has 156 valence electrons. The molecule has 2 aromatic carbocycles. The zero-order valence-corrected chi connectivity index (χ0v) is 16.6. The van der Waals surface area contributed by atoms with Gasteiger partial charge >= 0.3 is 6.61 Å². The average Bonchev–Trinajstić information content (AvgIpc) is 3.45. The van der Waals surface area contributed by atoms with Gasteiger partial charge in [-0.25, -0.2) is 0 Å². The lowest BCUT2D eigenvalue weighted by atomic mass is 10.0. The van der Waals surface area contributed by atoms with E-state index in [1.165, 1.54) is 23.3 Å². The number of ether oxygens (including phenoxy) is 1. The van der Waals surface area contributed by atoms with Crippen LogP contribution in [0.3, 0.4) is 0 Å². The predicted molar refractivity (Wildman–Crippen MR) is 109 cm³/mol. The van der Waals surface area contributed by atoms with E-state index in [0.717, 1.165) is 6.42 Å². The minimum absolute atomic E-state index is 0.0606. The van der Waals surface area contributed by atoms with Gasteiger partial charge in [-0.15, -0.1) is 0 Å². The summed E-state index contributed by atoms with van der Waals surface area (Å²) >= 11 is 0. The van der Waals surface area contributed by atoms with E-state index in [0.29, 0.717) is 30.0 Å². The molecular weight excluding hydrogens is 376 g/mol. The number of hydrogen-bond acceptors (Lipinski definition) is 3. The molecule has 7 heteroatoms. The Morgan fingerprint density at radius 1 is 1.21 bits per heavy atom. The van der Waals surface area contributed by atoms with Crippen molar-refractivity contribution in [2.45, 2.75) is 44.9 Å². The fourth-order valence-corrected chi connectivity index (χ4v) is 3.35. The van der Waals surface area contributed by atoms with Crippen LogP contribution >= 0.6 is 0 Å². The molecule has 0 bridgehead atoms. The Morgan fingerprint density at radius 2 is 1.93 bits per heavy atom. The van der Waals surface area contributed by atoms with Gasteiger partial charge in [-0.3, -0.25) is 4.99 Å². The first kappa shape index (κ1) is 21.0. The Balaban J connectivity index is 1.57. The summed E-state index contributed by atoms with van der Waals surface area (Å²) in [6.07, 6.45) is 0.209. The maximum atomic E-state index is 12.2. The van der Waals surface area contributed by atoms with Crippen molar-refractivity contribution >= 4 is 5.96 Å². The maximum absolute atomic E-state index is 12.2. The van der Waals surface area contributed by atoms with Gasteiger partial charge in [0.2, 0.25) is 0 Å². The van der Waals surface area contributed by atoms with Crippen LogP contribution in [0.5, 0.6) is 5.75 Å². The Labute approximate surface area is 169 Å². The minimum atomic E-state index is -2.87. The van der Waals surface area contributed by atoms with Crippen molar-refractivity contribution in [2.24, 2.45) is 4.99 Å². The molecule has 0 saturated heterocycles. The molecule has 0 radical (unpaired) electrons. The molecule has 0 aliphatic heterocycles. The van der Waals surface area contributed by atoms with Crippen LogP contribution in [-0.2, 0) is 0 Å². The number of nitrogens with zero attached hydrogens (tertiary/aromatic N) is 1. The van der Waals surface area contributed by atoms with E-state index >= 15 is 0 Å². The van der Waals surface area contributed by atoms with Crippen LogP contribution in [0.15, 0.2) is 53.5 Å². The number of aliphatic hydroxyl groups excluding tert-OH is 1. The van der Waals surface area contributed by atoms with E-state index in [4.69, 9.17) is 0 Å². The summed E-state index contributed by atoms with van der Waals surface area (Å²) in [5, 5.41) is 17.0. The number of benzene rings is 2. The van der Waals surface area contributed by atoms with E-state index in [1.807, 2.05) is 13.0 Å². The summed E-state index contributed by atoms with van der Waals surface area (Å²) < 4.78 is 28.8. The van der Waals surface area contributed by atoms with Crippen LogP contribution in [0.25, 0.3) is 0 Å². The van der Waals surface area contributed by atoms with Crippen LogP contribution in [-0.4, -0.2) is 36.8 Å². The second-order valence-corrected chi connectivity index (χ2v) is 7.13. The SMILES string of the molecule is CCNC(=NCC(O)c1ccc(OC(F)F)cc1)NC1CC1c1ccccc1C. The second-order valence-electron chi connectivity index (χ2n) is 7.13. The fraction of sp³-hybridized carbons (Fsp3) is 0.409. The number of guanidine groups is 1. The van der Waals surface area contributed by atoms with E-state index in [1.54, 1.807) is 12.1 Å². The summed E-state index contributed by atoms with van der Waals surface area (Å²) in [5.74, 6) is 1.18. The van der Waals surface area contributed by atoms with E-state index in [2.05, 4.69) is 45.5 Å². The highest BCUT2D eigenvalue weighted by Crippen LogP contribution is 2.42. The van der Waals surface area contributed by atoms with Gasteiger partial charge in [-0.05, 0) is 49.1 Å². The maximum Gasteiger partial charge on any atom is 0.387 e. The third-order valence-corrected chi connectivity index (χ3v) is 4.96. The zero-order chi connectivity index (χ0) is 20.8. The van der Waals surface area contributed by atoms with Gasteiger partial charge < -0.3 is 20.5 Å². The predicted octanol–water partition coefficient (Wildman–Crippen LogP) is 3.74. The first-order chi connectivity index (χ1) is 14.0. The lowest BCUT2D eigenvalue weighted by molar-refractivity contribution is -0.0498. The second kappa shape index (κ2) is 9.69. The van der Waals surface area contributed by atoms with Crippen molar-refractivity contribution in [2.75, 3.05) is 13.1 Å². The van der Waals surface area contributed by atoms with Crippen molar-refractivity contribution in [3.05, 3.63) is 65.2 Å². The highest BCUT2D eigenvalue weighted by molar-refractivity contribution is 5.80. The molecule has 0 aromatic heterocycles. The Kier molecular flexibility index (Phi) is 7.04. The quantitative estimate of drug-likeness (QED) is 0.464. The number of aliphatic hydroxyl groups is 1. The van der Waals surface area contributed by atoms with Crippen molar-refractivity contribution in [3.8, 4) is 5.75 Å². The zero-order valence-electron chi connectivity index (χ0n) is 16.6. The standard InChI is InChI=1S/C22H27F2N3O2/c1-3-25-22(27-19-12-18(19)17-7-5-4-6-14(17)2)26-13-20(28)15-8-10-16(11-9-15)29-21(23)24/h4-11,18-21,28H,3,12-13H2,1-2H3,(H2,25,26,27). The fourth-order valence-electron chi connectivity index (χ4n) is 3.35. The highest BCUT2D eigenvalue weighted by Gasteiger charge is 2.39. The Hall–Kier alpha value is -2.67. The largest absolute Gasteiger partial charge is 0.435 e. The molecule has 1 fully saturated rings. The molecule has 1 saturated carbocycles. The first-order valence-electron chi connectivity index (χ1n) is 9.81. The number of rotatable bonds is 8. The summed E-state index contributed by atoms with van der Waals surface area (Å²) in [6, 6.07) is 14.7. The molecular formula is C22H27F2N3O2. The number of halogens is 2. The minimum Gasteiger partial charge on any atom is -0.435 e. The van der Waals surface area contributed by atoms with Gasteiger partial charge in [-0.2, -0.15) is 8.78 Å². The number of nitrogens with one attached hydrogen (secondary N) is 2. The van der Waals surface area contributed by atoms with Crippen molar-refractivity contribution in [3.63, 3.8) is 0 Å². The van der Waals surface area contributed by atoms with Gasteiger partial charge in [-0.1, -0.05) is 36.4 Å². The lowest BCUT2D eigenvalue weighted by Gasteiger charge is -2.14. The molecule has 3 unspecified atom stereocenters. The monoisotopic (exact) mass is 403 g/mol. The van der Waals surface area contributed by atoms with Gasteiger partial charge in [0.05, 0.1) is 12.6 Å². The summed E-state index contributed by atoms with van der Waals surface area (Å²) in [6.45, 7) is 2.12. The van der Waals surface area contributed by atoms with Gasteiger partial charge in [0.15, 0.2) is 5.96 Å². The molecule has 0 spiro atoms. The molecule has 0 heterocycles. The normalized spacial score (nSPS) is 19.7. The molecule has 29 heavy (non-hydrogen) atoms. The molecule has 2 aromatic rings. The number of aryl methyl sites for hydroxylation is 1. The number of hydrogen-bond donors (Lipinski definition) is 3. The molecule has 3 N–H and O–H groups in total. The number of aliphatic imine (C=N–C) groups is 1. The van der Waals surface area contributed by atoms with Crippen molar-refractivity contribution in [1.82, 2.24) is 10.6 Å². The van der Waals surface area contributed by atoms with Gasteiger partial charge in [0.1, 0.15) is 5.75 Å². The van der Waals surface area contributed by atoms with Crippen LogP contribution in [0.4, 0.5) is 8.78 Å². The van der Waals surface area contributed by atoms with Gasteiger partial charge in [0.25, 0.3) is 0 Å². The topological polar surface area (TPSA) is 65.9 Å². The van der Waals surface area contributed by atoms with Crippen LogP contribution in [0, 0.1) is 6.92 Å². The molecule has 1 aliphatic rings. The van der Waals surface area contributed by atoms with E-state index in [9.17, 15) is 13.9 Å². The summed E-state index contributed by atoms with van der Waals surface area (Å²) in [7, 11) is 0. The van der Waals surface area contributed by atoms with Crippen LogP contribution in [0.1, 0.15) is 42.1 Å². The van der Waals surface area contributed by atoms with Crippen molar-refractivity contribution < 1.29 is 18.6 Å². The first-order valence-corrected chi connectivity index (χ1v) is 9.81. The molecule has 5 nitrogen and oxygen atoms in total. The summed E-state index contributed by atoms with van der Waals surface area (Å²) in [4.78, 5) is 4.48. The Morgan fingerprint density at radius 3 is 2.59 bits per heavy atom.